The smallest absolute Gasteiger partial charge is 0.354 e. The number of aromatic carboxylic acids is 1. The lowest BCUT2D eigenvalue weighted by Gasteiger charge is -2.41. The first-order valence-electron chi connectivity index (χ1n) is 13.5. The number of carbonyl (C=O) groups is 2. The predicted octanol–water partition coefficient (Wildman–Crippen LogP) is 5.55. The van der Waals surface area contributed by atoms with Gasteiger partial charge in [-0.15, -0.1) is 0 Å². The molecule has 13 heteroatoms. The third kappa shape index (κ3) is 6.20. The van der Waals surface area contributed by atoms with Crippen LogP contribution in [-0.4, -0.2) is 60.4 Å². The van der Waals surface area contributed by atoms with Gasteiger partial charge in [0.2, 0.25) is 5.95 Å². The lowest BCUT2D eigenvalue weighted by Crippen LogP contribution is -2.50. The Morgan fingerprint density at radius 1 is 1.02 bits per heavy atom. The predicted molar refractivity (Wildman–Crippen MR) is 145 cm³/mol. The molecule has 1 amide bonds. The summed E-state index contributed by atoms with van der Waals surface area (Å²) in [6.45, 7) is 4.85. The molecule has 4 heterocycles. The average molecular weight is 587 g/mol. The van der Waals surface area contributed by atoms with E-state index in [0.717, 1.165) is 29.5 Å². The standard InChI is InChI=1S/C29H30F4N6O3/c1-16-8-22(5-7-39(16)25(40)17-4-6-34-23(9-17)26(41)42)38-14-18-13-35-27(37-24(18)15-38)36-21-11-19(28(2,30)31)10-20(12-21)29(3,32)33/h4,6,9-13,16,22H,5,7-8,14-15H2,1-3H3,(H,41,42)(H,35,36,37)/t16-,22+/m1/s1. The van der Waals surface area contributed by atoms with Gasteiger partial charge < -0.3 is 15.3 Å². The van der Waals surface area contributed by atoms with E-state index in [1.807, 2.05) is 6.92 Å². The number of amides is 1. The fraction of sp³-hybridized carbons (Fsp3) is 0.414. The maximum Gasteiger partial charge on any atom is 0.354 e. The van der Waals surface area contributed by atoms with E-state index in [-0.39, 0.29) is 40.9 Å². The number of fused-ring (bicyclic) bond motifs is 1. The SMILES string of the molecule is C[C@@H]1C[C@@H](N2Cc3cnc(Nc4cc(C(C)(F)F)cc(C(C)(F)F)c4)nc3C2)CCN1C(=O)c1ccnc(C(=O)O)c1. The van der Waals surface area contributed by atoms with Crippen molar-refractivity contribution in [2.45, 2.75) is 70.6 Å². The van der Waals surface area contributed by atoms with E-state index in [1.165, 1.54) is 18.3 Å². The lowest BCUT2D eigenvalue weighted by atomic mass is 9.96. The summed E-state index contributed by atoms with van der Waals surface area (Å²) in [5, 5.41) is 12.0. The number of benzene rings is 1. The average Bonchev–Trinajstić information content (AvgIpc) is 3.35. The Morgan fingerprint density at radius 2 is 1.71 bits per heavy atom. The molecule has 2 N–H and O–H groups in total. The Bertz CT molecular complexity index is 1490. The first-order valence-corrected chi connectivity index (χ1v) is 13.5. The monoisotopic (exact) mass is 586 g/mol. The van der Waals surface area contributed by atoms with Crippen LogP contribution in [0.3, 0.4) is 0 Å². The van der Waals surface area contributed by atoms with Crippen LogP contribution in [0.5, 0.6) is 0 Å². The van der Waals surface area contributed by atoms with Gasteiger partial charge in [0, 0.05) is 85.9 Å². The number of hydrogen-bond donors (Lipinski definition) is 2. The van der Waals surface area contributed by atoms with Crippen LogP contribution in [0, 0.1) is 0 Å². The first kappa shape index (κ1) is 29.4. The van der Waals surface area contributed by atoms with Gasteiger partial charge in [0.05, 0.1) is 5.69 Å². The largest absolute Gasteiger partial charge is 0.477 e. The molecule has 0 spiro atoms. The quantitative estimate of drug-likeness (QED) is 0.347. The van der Waals surface area contributed by atoms with E-state index < -0.39 is 28.9 Å². The van der Waals surface area contributed by atoms with Crippen molar-refractivity contribution in [3.8, 4) is 0 Å². The molecule has 2 aliphatic heterocycles. The molecule has 0 radical (unpaired) electrons. The minimum Gasteiger partial charge on any atom is -0.477 e. The number of nitrogens with one attached hydrogen (secondary N) is 1. The molecule has 0 bridgehead atoms. The van der Waals surface area contributed by atoms with Gasteiger partial charge in [-0.25, -0.2) is 37.3 Å². The Hall–Kier alpha value is -4.13. The summed E-state index contributed by atoms with van der Waals surface area (Å²) in [6.07, 6.45) is 4.35. The Labute approximate surface area is 239 Å². The second-order valence-corrected chi connectivity index (χ2v) is 11.0. The van der Waals surface area contributed by atoms with Crippen molar-refractivity contribution < 1.29 is 32.3 Å². The highest BCUT2D eigenvalue weighted by atomic mass is 19.3. The van der Waals surface area contributed by atoms with Crippen molar-refractivity contribution in [3.05, 3.63) is 76.4 Å². The van der Waals surface area contributed by atoms with E-state index in [0.29, 0.717) is 46.3 Å². The van der Waals surface area contributed by atoms with Crippen LogP contribution in [0.2, 0.25) is 0 Å². The summed E-state index contributed by atoms with van der Waals surface area (Å²) < 4.78 is 56.1. The van der Waals surface area contributed by atoms with Crippen molar-refractivity contribution >= 4 is 23.5 Å². The number of nitrogens with zero attached hydrogens (tertiary/aromatic N) is 5. The van der Waals surface area contributed by atoms with E-state index in [9.17, 15) is 32.3 Å². The molecule has 5 rings (SSSR count). The molecule has 222 valence electrons. The lowest BCUT2D eigenvalue weighted by molar-refractivity contribution is 0.0106. The summed E-state index contributed by atoms with van der Waals surface area (Å²) in [5.41, 5.74) is 0.695. The van der Waals surface area contributed by atoms with Crippen LogP contribution in [0.15, 0.2) is 42.7 Å². The van der Waals surface area contributed by atoms with E-state index in [4.69, 9.17) is 0 Å². The molecule has 42 heavy (non-hydrogen) atoms. The maximum atomic E-state index is 14.0. The summed E-state index contributed by atoms with van der Waals surface area (Å²) in [5.74, 6) is -7.95. The topological polar surface area (TPSA) is 112 Å². The number of carbonyl (C=O) groups excluding carboxylic acids is 1. The molecular weight excluding hydrogens is 556 g/mol. The Morgan fingerprint density at radius 3 is 2.33 bits per heavy atom. The minimum absolute atomic E-state index is 0.0379. The van der Waals surface area contributed by atoms with Crippen molar-refractivity contribution in [2.24, 2.45) is 0 Å². The molecule has 0 saturated carbocycles. The van der Waals surface area contributed by atoms with Gasteiger partial charge in [0.15, 0.2) is 0 Å². The molecule has 9 nitrogen and oxygen atoms in total. The normalized spacial score (nSPS) is 19.5. The highest BCUT2D eigenvalue weighted by Gasteiger charge is 2.36. The molecule has 2 aromatic heterocycles. The molecular formula is C29H30F4N6O3. The van der Waals surface area contributed by atoms with Crippen LogP contribution in [-0.2, 0) is 24.9 Å². The van der Waals surface area contributed by atoms with Gasteiger partial charge in [0.25, 0.3) is 17.8 Å². The van der Waals surface area contributed by atoms with Crippen molar-refractivity contribution in [3.63, 3.8) is 0 Å². The number of alkyl halides is 4. The van der Waals surface area contributed by atoms with Crippen LogP contribution >= 0.6 is 0 Å². The van der Waals surface area contributed by atoms with E-state index >= 15 is 0 Å². The van der Waals surface area contributed by atoms with Gasteiger partial charge in [-0.2, -0.15) is 0 Å². The third-order valence-electron chi connectivity index (χ3n) is 7.74. The number of likely N-dealkylation sites (tertiary alicyclic amines) is 1. The Balaban J connectivity index is 1.26. The van der Waals surface area contributed by atoms with Gasteiger partial charge >= 0.3 is 5.97 Å². The van der Waals surface area contributed by atoms with Gasteiger partial charge in [-0.3, -0.25) is 9.69 Å². The van der Waals surface area contributed by atoms with E-state index in [2.05, 4.69) is 25.2 Å². The molecule has 1 aromatic carbocycles. The highest BCUT2D eigenvalue weighted by Crippen LogP contribution is 2.36. The summed E-state index contributed by atoms with van der Waals surface area (Å²) in [6, 6.07) is 5.87. The molecule has 0 aliphatic carbocycles. The zero-order valence-corrected chi connectivity index (χ0v) is 23.2. The maximum absolute atomic E-state index is 14.0. The zero-order valence-electron chi connectivity index (χ0n) is 23.2. The fourth-order valence-corrected chi connectivity index (χ4v) is 5.46. The third-order valence-corrected chi connectivity index (χ3v) is 7.74. The second-order valence-electron chi connectivity index (χ2n) is 11.0. The van der Waals surface area contributed by atoms with Crippen molar-refractivity contribution in [1.82, 2.24) is 24.8 Å². The Kier molecular flexibility index (Phi) is 7.64. The van der Waals surface area contributed by atoms with E-state index in [1.54, 1.807) is 11.1 Å². The second kappa shape index (κ2) is 10.9. The number of piperidine rings is 1. The fourth-order valence-electron chi connectivity index (χ4n) is 5.46. The van der Waals surface area contributed by atoms with Crippen LogP contribution < -0.4 is 5.32 Å². The van der Waals surface area contributed by atoms with Crippen molar-refractivity contribution in [1.29, 1.82) is 0 Å². The number of rotatable bonds is 7. The molecule has 0 unspecified atom stereocenters. The summed E-state index contributed by atoms with van der Waals surface area (Å²) in [7, 11) is 0. The van der Waals surface area contributed by atoms with Crippen LogP contribution in [0.4, 0.5) is 29.2 Å². The number of aromatic nitrogens is 3. The zero-order chi connectivity index (χ0) is 30.4. The van der Waals surface area contributed by atoms with Crippen LogP contribution in [0.1, 0.15) is 76.8 Å². The van der Waals surface area contributed by atoms with Gasteiger partial charge in [-0.1, -0.05) is 0 Å². The number of carboxylic acids is 1. The molecule has 2 aliphatic rings. The van der Waals surface area contributed by atoms with Gasteiger partial charge in [-0.05, 0) is 50.1 Å². The van der Waals surface area contributed by atoms with Crippen LogP contribution in [0.25, 0.3) is 0 Å². The molecule has 1 saturated heterocycles. The van der Waals surface area contributed by atoms with Crippen molar-refractivity contribution in [2.75, 3.05) is 11.9 Å². The minimum atomic E-state index is -3.31. The molecule has 1 fully saturated rings. The first-order chi connectivity index (χ1) is 19.7. The molecule has 3 aromatic rings. The number of hydrogen-bond acceptors (Lipinski definition) is 7. The highest BCUT2D eigenvalue weighted by molar-refractivity contribution is 5.96. The summed E-state index contributed by atoms with van der Waals surface area (Å²) in [4.78, 5) is 41.0. The number of anilines is 2. The number of halogens is 4. The van der Waals surface area contributed by atoms with Gasteiger partial charge in [0.1, 0.15) is 5.69 Å². The molecule has 2 atom stereocenters. The number of pyridine rings is 1. The number of carboxylic acid groups (broad SMARTS) is 1. The summed E-state index contributed by atoms with van der Waals surface area (Å²) >= 11 is 0.